The average Bonchev–Trinajstić information content (AvgIpc) is 3.59. The van der Waals surface area contributed by atoms with Crippen LogP contribution in [0.25, 0.3) is 0 Å². The number of nitrogens with one attached hydrogen (secondary N) is 2. The number of benzene rings is 2. The molecule has 4 aromatic rings. The summed E-state index contributed by atoms with van der Waals surface area (Å²) in [7, 11) is 0. The monoisotopic (exact) mass is 528 g/mol. The SMILES string of the molecule is O=C(Nc1ccc([C@H]2OC(=O)N(Cc3cccc(F)c3)[C@@H]2C(=O)NCCc2ccccn2)cc1)c1ccco1. The number of carbonyl (C=O) groups is 3. The van der Waals surface area contributed by atoms with E-state index in [0.717, 1.165) is 5.69 Å². The van der Waals surface area contributed by atoms with E-state index in [2.05, 4.69) is 15.6 Å². The molecule has 9 nitrogen and oxygen atoms in total. The summed E-state index contributed by atoms with van der Waals surface area (Å²) in [6.07, 6.45) is 1.98. The summed E-state index contributed by atoms with van der Waals surface area (Å²) in [4.78, 5) is 44.2. The molecule has 39 heavy (non-hydrogen) atoms. The summed E-state index contributed by atoms with van der Waals surface area (Å²) in [6.45, 7) is 0.293. The van der Waals surface area contributed by atoms with Gasteiger partial charge in [-0.2, -0.15) is 0 Å². The third kappa shape index (κ3) is 6.12. The fraction of sp³-hybridized carbons (Fsp3) is 0.172. The van der Waals surface area contributed by atoms with Gasteiger partial charge in [-0.25, -0.2) is 9.18 Å². The minimum atomic E-state index is -1.01. The van der Waals surface area contributed by atoms with E-state index in [1.165, 1.54) is 23.3 Å². The van der Waals surface area contributed by atoms with Crippen molar-refractivity contribution in [2.24, 2.45) is 0 Å². The van der Waals surface area contributed by atoms with Gasteiger partial charge in [0.15, 0.2) is 17.9 Å². The molecule has 0 aliphatic carbocycles. The van der Waals surface area contributed by atoms with Gasteiger partial charge in [0.25, 0.3) is 5.91 Å². The fourth-order valence-corrected chi connectivity index (χ4v) is 4.36. The Kier molecular flexibility index (Phi) is 7.63. The van der Waals surface area contributed by atoms with Crippen LogP contribution in [-0.4, -0.2) is 40.4 Å². The quantitative estimate of drug-likeness (QED) is 0.331. The van der Waals surface area contributed by atoms with Crippen LogP contribution in [0.2, 0.25) is 0 Å². The van der Waals surface area contributed by atoms with E-state index in [4.69, 9.17) is 9.15 Å². The number of cyclic esters (lactones) is 1. The predicted octanol–water partition coefficient (Wildman–Crippen LogP) is 4.49. The Balaban J connectivity index is 1.34. The van der Waals surface area contributed by atoms with Crippen molar-refractivity contribution in [2.45, 2.75) is 25.1 Å². The van der Waals surface area contributed by atoms with E-state index in [1.807, 2.05) is 18.2 Å². The standard InChI is InChI=1S/C29H25FN4O5/c30-21-6-3-5-19(17-21)18-34-25(28(36)32-15-13-22-7-1-2-14-31-22)26(39-29(34)37)20-9-11-23(12-10-20)33-27(35)24-8-4-16-38-24/h1-12,14,16-17,25-26H,13,15,18H2,(H,32,36)(H,33,35)/t25-,26+/m0/s1. The Bertz CT molecular complexity index is 1440. The molecule has 0 spiro atoms. The number of carbonyl (C=O) groups excluding carboxylic acids is 3. The first-order valence-corrected chi connectivity index (χ1v) is 12.3. The van der Waals surface area contributed by atoms with Crippen LogP contribution in [0.15, 0.2) is 95.7 Å². The second kappa shape index (κ2) is 11.6. The van der Waals surface area contributed by atoms with E-state index in [-0.39, 0.29) is 12.3 Å². The maximum absolute atomic E-state index is 13.8. The molecule has 1 saturated heterocycles. The highest BCUT2D eigenvalue weighted by Gasteiger charge is 2.46. The third-order valence-corrected chi connectivity index (χ3v) is 6.24. The van der Waals surface area contributed by atoms with Gasteiger partial charge in [-0.15, -0.1) is 0 Å². The van der Waals surface area contributed by atoms with Crippen LogP contribution in [0, 0.1) is 5.82 Å². The smallest absolute Gasteiger partial charge is 0.411 e. The number of amides is 3. The summed E-state index contributed by atoms with van der Waals surface area (Å²) in [5, 5.41) is 5.60. The predicted molar refractivity (Wildman–Crippen MR) is 139 cm³/mol. The van der Waals surface area contributed by atoms with Gasteiger partial charge in [-0.1, -0.05) is 30.3 Å². The molecule has 2 atom stereocenters. The van der Waals surface area contributed by atoms with E-state index < -0.39 is 35.9 Å². The summed E-state index contributed by atoms with van der Waals surface area (Å²) in [5.74, 6) is -1.10. The van der Waals surface area contributed by atoms with Crippen LogP contribution >= 0.6 is 0 Å². The van der Waals surface area contributed by atoms with Crippen LogP contribution < -0.4 is 10.6 Å². The maximum atomic E-state index is 13.8. The molecule has 0 unspecified atom stereocenters. The van der Waals surface area contributed by atoms with Crippen molar-refractivity contribution in [3.05, 3.63) is 120 Å². The molecule has 2 aromatic carbocycles. The average molecular weight is 529 g/mol. The van der Waals surface area contributed by atoms with Gasteiger partial charge < -0.3 is 19.8 Å². The minimum absolute atomic E-state index is 0.0112. The molecular weight excluding hydrogens is 503 g/mol. The molecule has 5 rings (SSSR count). The highest BCUT2D eigenvalue weighted by Crippen LogP contribution is 2.34. The molecule has 0 bridgehead atoms. The second-order valence-corrected chi connectivity index (χ2v) is 8.92. The molecule has 3 heterocycles. The van der Waals surface area contributed by atoms with E-state index >= 15 is 0 Å². The zero-order valence-corrected chi connectivity index (χ0v) is 20.7. The zero-order valence-electron chi connectivity index (χ0n) is 20.7. The topological polar surface area (TPSA) is 114 Å². The Morgan fingerprint density at radius 2 is 1.85 bits per heavy atom. The lowest BCUT2D eigenvalue weighted by Crippen LogP contribution is -2.46. The molecule has 2 aromatic heterocycles. The van der Waals surface area contributed by atoms with Gasteiger partial charge in [-0.05, 0) is 59.7 Å². The highest BCUT2D eigenvalue weighted by molar-refractivity contribution is 6.02. The number of hydrogen-bond donors (Lipinski definition) is 2. The molecule has 198 valence electrons. The molecule has 0 saturated carbocycles. The Hall–Kier alpha value is -4.99. The van der Waals surface area contributed by atoms with E-state index in [1.54, 1.807) is 54.7 Å². The number of nitrogens with zero attached hydrogens (tertiary/aromatic N) is 2. The molecule has 0 radical (unpaired) electrons. The Morgan fingerprint density at radius 1 is 1.00 bits per heavy atom. The summed E-state index contributed by atoms with van der Waals surface area (Å²) in [5.41, 5.74) is 2.40. The van der Waals surface area contributed by atoms with Gasteiger partial charge >= 0.3 is 6.09 Å². The van der Waals surface area contributed by atoms with E-state index in [0.29, 0.717) is 29.8 Å². The molecular formula is C29H25FN4O5. The number of aromatic nitrogens is 1. The molecule has 3 amide bonds. The van der Waals surface area contributed by atoms with Crippen LogP contribution in [0.1, 0.15) is 33.5 Å². The number of pyridine rings is 1. The first-order valence-electron chi connectivity index (χ1n) is 12.3. The van der Waals surface area contributed by atoms with Crippen LogP contribution in [0.4, 0.5) is 14.9 Å². The summed E-state index contributed by atoms with van der Waals surface area (Å²) >= 11 is 0. The highest BCUT2D eigenvalue weighted by atomic mass is 19.1. The van der Waals surface area contributed by atoms with Crippen molar-refractivity contribution in [3.63, 3.8) is 0 Å². The van der Waals surface area contributed by atoms with Crippen LogP contribution in [-0.2, 0) is 22.5 Å². The lowest BCUT2D eigenvalue weighted by atomic mass is 10.00. The lowest BCUT2D eigenvalue weighted by Gasteiger charge is -2.24. The van der Waals surface area contributed by atoms with Gasteiger partial charge in [0.2, 0.25) is 5.91 Å². The largest absolute Gasteiger partial charge is 0.459 e. The Labute approximate surface area is 223 Å². The van der Waals surface area contributed by atoms with Crippen molar-refractivity contribution in [2.75, 3.05) is 11.9 Å². The van der Waals surface area contributed by atoms with E-state index in [9.17, 15) is 18.8 Å². The number of rotatable bonds is 9. The molecule has 1 aliphatic heterocycles. The zero-order chi connectivity index (χ0) is 27.2. The normalized spacial score (nSPS) is 16.5. The van der Waals surface area contributed by atoms with Gasteiger partial charge in [-0.3, -0.25) is 19.5 Å². The van der Waals surface area contributed by atoms with Crippen molar-refractivity contribution < 1.29 is 27.9 Å². The van der Waals surface area contributed by atoms with Gasteiger partial charge in [0, 0.05) is 30.5 Å². The fourth-order valence-electron chi connectivity index (χ4n) is 4.36. The number of ether oxygens (including phenoxy) is 1. The number of furan rings is 1. The number of hydrogen-bond acceptors (Lipinski definition) is 6. The third-order valence-electron chi connectivity index (χ3n) is 6.24. The summed E-state index contributed by atoms with van der Waals surface area (Å²) in [6, 6.07) is 20.2. The second-order valence-electron chi connectivity index (χ2n) is 8.92. The first kappa shape index (κ1) is 25.7. The molecule has 2 N–H and O–H groups in total. The van der Waals surface area contributed by atoms with Crippen LogP contribution in [0.5, 0.6) is 0 Å². The van der Waals surface area contributed by atoms with Crippen molar-refractivity contribution in [3.8, 4) is 0 Å². The Morgan fingerprint density at radius 3 is 2.56 bits per heavy atom. The lowest BCUT2D eigenvalue weighted by molar-refractivity contribution is -0.126. The first-order chi connectivity index (χ1) is 19.0. The maximum Gasteiger partial charge on any atom is 0.411 e. The van der Waals surface area contributed by atoms with Crippen molar-refractivity contribution in [1.29, 1.82) is 0 Å². The molecule has 10 heteroatoms. The number of halogens is 1. The van der Waals surface area contributed by atoms with Gasteiger partial charge in [0.05, 0.1) is 12.8 Å². The molecule has 1 aliphatic rings. The molecule has 1 fully saturated rings. The summed E-state index contributed by atoms with van der Waals surface area (Å²) < 4.78 is 24.6. The van der Waals surface area contributed by atoms with Crippen molar-refractivity contribution >= 4 is 23.6 Å². The van der Waals surface area contributed by atoms with Gasteiger partial charge in [0.1, 0.15) is 5.82 Å². The van der Waals surface area contributed by atoms with Crippen LogP contribution in [0.3, 0.4) is 0 Å². The van der Waals surface area contributed by atoms with Crippen molar-refractivity contribution in [1.82, 2.24) is 15.2 Å². The minimum Gasteiger partial charge on any atom is -0.459 e. The number of anilines is 1.